The normalized spacial score (nSPS) is 22.1. The molecule has 184 valence electrons. The lowest BCUT2D eigenvalue weighted by atomic mass is 9.78. The van der Waals surface area contributed by atoms with Crippen molar-refractivity contribution in [3.05, 3.63) is 42.6 Å². The van der Waals surface area contributed by atoms with Crippen LogP contribution in [-0.2, 0) is 4.74 Å². The number of ether oxygens (including phenoxy) is 1. The lowest BCUT2D eigenvalue weighted by molar-refractivity contribution is -0.00294. The molecule has 3 aliphatic rings. The Hall–Kier alpha value is -3.20. The Morgan fingerprint density at radius 3 is 2.83 bits per heavy atom. The first kappa shape index (κ1) is 22.3. The summed E-state index contributed by atoms with van der Waals surface area (Å²) >= 11 is 0. The smallest absolute Gasteiger partial charge is 0.409 e. The molecule has 1 N–H and O–H groups in total. The fourth-order valence-corrected chi connectivity index (χ4v) is 6.18. The van der Waals surface area contributed by atoms with Gasteiger partial charge in [0, 0.05) is 56.3 Å². The molecular weight excluding hydrogens is 447 g/mol. The second kappa shape index (κ2) is 8.78. The molecule has 1 saturated carbocycles. The third-order valence-corrected chi connectivity index (χ3v) is 7.95. The van der Waals surface area contributed by atoms with Crippen LogP contribution < -0.4 is 4.90 Å². The number of hydrogen-bond acceptors (Lipinski definition) is 6. The number of carbonyl (C=O) groups is 1. The van der Waals surface area contributed by atoms with Gasteiger partial charge in [0.25, 0.3) is 0 Å². The number of amides is 1. The molecule has 2 saturated heterocycles. The summed E-state index contributed by atoms with van der Waals surface area (Å²) in [6.07, 6.45) is 6.31. The van der Waals surface area contributed by atoms with Crippen LogP contribution in [0.2, 0.25) is 0 Å². The first-order valence-electron chi connectivity index (χ1n) is 12.5. The molecule has 6 rings (SSSR count). The Morgan fingerprint density at radius 1 is 1.20 bits per heavy atom. The zero-order chi connectivity index (χ0) is 24.0. The third kappa shape index (κ3) is 4.11. The number of hydrogen-bond donors (Lipinski definition) is 1. The van der Waals surface area contributed by atoms with E-state index < -0.39 is 0 Å². The minimum Gasteiger partial charge on any atom is -0.450 e. The molecule has 0 unspecified atom stereocenters. The van der Waals surface area contributed by atoms with Crippen molar-refractivity contribution in [2.24, 2.45) is 5.41 Å². The number of pyridine rings is 1. The van der Waals surface area contributed by atoms with Gasteiger partial charge in [-0.05, 0) is 49.9 Å². The van der Waals surface area contributed by atoms with Crippen LogP contribution in [0.3, 0.4) is 0 Å². The second-order valence-corrected chi connectivity index (χ2v) is 10.1. The Morgan fingerprint density at radius 2 is 2.03 bits per heavy atom. The number of halogens is 1. The van der Waals surface area contributed by atoms with Crippen molar-refractivity contribution in [2.75, 3.05) is 50.8 Å². The van der Waals surface area contributed by atoms with Crippen molar-refractivity contribution in [3.8, 4) is 11.1 Å². The number of piperazine rings is 1. The highest BCUT2D eigenvalue weighted by Crippen LogP contribution is 2.47. The maximum absolute atomic E-state index is 14.2. The van der Waals surface area contributed by atoms with Crippen LogP contribution in [0.25, 0.3) is 22.2 Å². The van der Waals surface area contributed by atoms with E-state index in [0.29, 0.717) is 12.6 Å². The van der Waals surface area contributed by atoms with Crippen molar-refractivity contribution in [1.29, 1.82) is 0 Å². The highest BCUT2D eigenvalue weighted by molar-refractivity contribution is 5.85. The van der Waals surface area contributed by atoms with Crippen molar-refractivity contribution in [2.45, 2.75) is 32.2 Å². The summed E-state index contributed by atoms with van der Waals surface area (Å²) in [5.41, 5.74) is 3.82. The molecule has 0 bridgehead atoms. The van der Waals surface area contributed by atoms with E-state index in [2.05, 4.69) is 24.8 Å². The van der Waals surface area contributed by atoms with Crippen molar-refractivity contribution in [3.63, 3.8) is 0 Å². The van der Waals surface area contributed by atoms with Crippen LogP contribution in [-0.4, -0.2) is 82.8 Å². The average molecular weight is 479 g/mol. The molecule has 2 aliphatic heterocycles. The van der Waals surface area contributed by atoms with Gasteiger partial charge in [-0.15, -0.1) is 0 Å². The van der Waals surface area contributed by atoms with Crippen LogP contribution in [0, 0.1) is 11.2 Å². The number of fused-ring (bicyclic) bond motifs is 1. The molecule has 3 aromatic rings. The second-order valence-electron chi connectivity index (χ2n) is 10.1. The predicted molar refractivity (Wildman–Crippen MR) is 132 cm³/mol. The monoisotopic (exact) mass is 478 g/mol. The summed E-state index contributed by atoms with van der Waals surface area (Å²) < 4.78 is 19.4. The minimum atomic E-state index is -0.333. The lowest BCUT2D eigenvalue weighted by Crippen LogP contribution is -2.58. The highest BCUT2D eigenvalue weighted by Gasteiger charge is 2.51. The molecule has 4 heterocycles. The summed E-state index contributed by atoms with van der Waals surface area (Å²) in [5.74, 6) is 0.498. The fraction of sp³-hybridized carbons (Fsp3) is 0.500. The van der Waals surface area contributed by atoms with E-state index in [1.807, 2.05) is 30.0 Å². The summed E-state index contributed by atoms with van der Waals surface area (Å²) in [6.45, 7) is 7.56. The molecule has 0 radical (unpaired) electrons. The number of nitrogens with zero attached hydrogens (tertiary/aromatic N) is 5. The molecule has 1 aromatic carbocycles. The first-order chi connectivity index (χ1) is 17.0. The van der Waals surface area contributed by atoms with Gasteiger partial charge in [-0.1, -0.05) is 6.07 Å². The van der Waals surface area contributed by atoms with Crippen molar-refractivity contribution >= 4 is 22.9 Å². The number of rotatable bonds is 4. The lowest BCUT2D eigenvalue weighted by Gasteiger charge is -2.48. The Bertz CT molecular complexity index is 1230. The van der Waals surface area contributed by atoms with Crippen LogP contribution in [0.1, 0.15) is 26.2 Å². The molecule has 9 heteroatoms. The maximum Gasteiger partial charge on any atom is 0.409 e. The molecule has 35 heavy (non-hydrogen) atoms. The Balaban J connectivity index is 1.11. The number of likely N-dealkylation sites (tertiary alicyclic amines) is 1. The Kier molecular flexibility index (Phi) is 5.59. The summed E-state index contributed by atoms with van der Waals surface area (Å²) in [5, 5.41) is 0. The fourth-order valence-electron chi connectivity index (χ4n) is 6.18. The number of anilines is 1. The molecule has 2 aromatic heterocycles. The van der Waals surface area contributed by atoms with E-state index in [9.17, 15) is 9.18 Å². The van der Waals surface area contributed by atoms with Gasteiger partial charge in [0.2, 0.25) is 0 Å². The maximum atomic E-state index is 14.2. The SMILES string of the molecule is CCOC(=O)N1CC2(CC[C@@H](N3CCN(c4ncc(F)cc4-c4ccc5nc[nH]c5c4)CC3)C2)C1. The van der Waals surface area contributed by atoms with Crippen LogP contribution in [0.4, 0.5) is 15.0 Å². The van der Waals surface area contributed by atoms with E-state index in [1.165, 1.54) is 19.0 Å². The van der Waals surface area contributed by atoms with Gasteiger partial charge in [0.15, 0.2) is 0 Å². The number of carbonyl (C=O) groups excluding carboxylic acids is 1. The first-order valence-corrected chi connectivity index (χ1v) is 12.5. The van der Waals surface area contributed by atoms with Gasteiger partial charge < -0.3 is 19.5 Å². The quantitative estimate of drug-likeness (QED) is 0.613. The molecule has 3 fully saturated rings. The number of aromatic amines is 1. The van der Waals surface area contributed by atoms with E-state index in [0.717, 1.165) is 73.7 Å². The van der Waals surface area contributed by atoms with Gasteiger partial charge in [-0.2, -0.15) is 0 Å². The van der Waals surface area contributed by atoms with E-state index in [4.69, 9.17) is 4.74 Å². The van der Waals surface area contributed by atoms with E-state index in [1.54, 1.807) is 12.4 Å². The van der Waals surface area contributed by atoms with Crippen molar-refractivity contribution < 1.29 is 13.9 Å². The van der Waals surface area contributed by atoms with Gasteiger partial charge in [0.1, 0.15) is 11.6 Å². The molecule has 1 spiro atoms. The van der Waals surface area contributed by atoms with Gasteiger partial charge in [-0.25, -0.2) is 19.2 Å². The van der Waals surface area contributed by atoms with Gasteiger partial charge >= 0.3 is 6.09 Å². The predicted octanol–water partition coefficient (Wildman–Crippen LogP) is 3.90. The zero-order valence-electron chi connectivity index (χ0n) is 20.0. The third-order valence-electron chi connectivity index (χ3n) is 7.95. The van der Waals surface area contributed by atoms with Crippen LogP contribution in [0.15, 0.2) is 36.8 Å². The van der Waals surface area contributed by atoms with Crippen LogP contribution in [0.5, 0.6) is 0 Å². The van der Waals surface area contributed by atoms with Crippen LogP contribution >= 0.6 is 0 Å². The summed E-state index contributed by atoms with van der Waals surface area (Å²) in [6, 6.07) is 8.08. The number of nitrogens with one attached hydrogen (secondary N) is 1. The highest BCUT2D eigenvalue weighted by atomic mass is 19.1. The molecule has 8 nitrogen and oxygen atoms in total. The number of H-pyrrole nitrogens is 1. The average Bonchev–Trinajstić information content (AvgIpc) is 3.51. The topological polar surface area (TPSA) is 77.6 Å². The van der Waals surface area contributed by atoms with E-state index in [-0.39, 0.29) is 17.3 Å². The molecular formula is C26H31FN6O2. The van der Waals surface area contributed by atoms with Gasteiger partial charge in [0.05, 0.1) is 30.2 Å². The number of benzene rings is 1. The summed E-state index contributed by atoms with van der Waals surface area (Å²) in [4.78, 5) is 30.6. The van der Waals surface area contributed by atoms with E-state index >= 15 is 0 Å². The minimum absolute atomic E-state index is 0.176. The summed E-state index contributed by atoms with van der Waals surface area (Å²) in [7, 11) is 0. The molecule has 1 aliphatic carbocycles. The number of imidazole rings is 1. The molecule has 1 atom stereocenters. The Labute approximate surface area is 204 Å². The van der Waals surface area contributed by atoms with Gasteiger partial charge in [-0.3, -0.25) is 4.90 Å². The standard InChI is InChI=1S/C26H31FN6O2/c1-2-35-25(34)33-15-26(16-33)6-5-20(13-26)31-7-9-32(10-8-31)24-21(12-19(27)14-28-24)18-3-4-22-23(11-18)30-17-29-22/h3-4,11-12,14,17,20H,2,5-10,13,15-16H2,1H3,(H,29,30)/t20-/m1/s1. The largest absolute Gasteiger partial charge is 0.450 e. The number of aromatic nitrogens is 3. The molecule has 1 amide bonds. The van der Waals surface area contributed by atoms with Crippen molar-refractivity contribution in [1.82, 2.24) is 24.8 Å². The zero-order valence-corrected chi connectivity index (χ0v) is 20.0.